The van der Waals surface area contributed by atoms with E-state index >= 15 is 0 Å². The highest BCUT2D eigenvalue weighted by Crippen LogP contribution is 2.42. The zero-order valence-electron chi connectivity index (χ0n) is 19.3. The van der Waals surface area contributed by atoms with Crippen LogP contribution in [0.4, 0.5) is 0 Å². The lowest BCUT2D eigenvalue weighted by Gasteiger charge is -2.43. The molecule has 2 atom stereocenters. The van der Waals surface area contributed by atoms with Crippen LogP contribution in [0.25, 0.3) is 0 Å². The van der Waals surface area contributed by atoms with Gasteiger partial charge in [0.1, 0.15) is 17.5 Å². The van der Waals surface area contributed by atoms with Gasteiger partial charge in [-0.05, 0) is 62.2 Å². The van der Waals surface area contributed by atoms with Crippen LogP contribution in [-0.4, -0.2) is 30.4 Å². The fourth-order valence-corrected chi connectivity index (χ4v) is 4.53. The predicted octanol–water partition coefficient (Wildman–Crippen LogP) is 3.91. The second-order valence-electron chi connectivity index (χ2n) is 9.83. The lowest BCUT2D eigenvalue weighted by atomic mass is 9.83. The minimum atomic E-state index is -0.984. The van der Waals surface area contributed by atoms with E-state index < -0.39 is 32.2 Å². The molecule has 0 spiro atoms. The highest BCUT2D eigenvalue weighted by molar-refractivity contribution is 6.48. The van der Waals surface area contributed by atoms with E-state index in [4.69, 9.17) is 9.16 Å². The molecule has 1 N–H and O–H groups in total. The molecule has 0 bridgehead atoms. The molecule has 3 rings (SSSR count). The fourth-order valence-electron chi connectivity index (χ4n) is 4.09. The number of nitrogens with zero attached hydrogens (tertiary/aromatic N) is 2. The molecule has 1 aromatic heterocycles. The molecule has 1 radical (unpaired) electrons. The summed E-state index contributed by atoms with van der Waals surface area (Å²) in [5.41, 5.74) is 1.15. The number of benzene rings is 1. The number of rotatable bonds is 4. The quantitative estimate of drug-likeness (QED) is 0.730. The number of ether oxygens (including phenoxy) is 1. The summed E-state index contributed by atoms with van der Waals surface area (Å²) in [6.07, 6.45) is 0.745. The Morgan fingerprint density at radius 3 is 2.55 bits per heavy atom. The van der Waals surface area contributed by atoms with Crippen LogP contribution in [0.15, 0.2) is 35.3 Å². The second kappa shape index (κ2) is 8.27. The number of fused-ring (bicyclic) bond motifs is 1. The zero-order chi connectivity index (χ0) is 23.1. The van der Waals surface area contributed by atoms with Gasteiger partial charge in [0.2, 0.25) is 9.04 Å². The summed E-state index contributed by atoms with van der Waals surface area (Å²) < 4.78 is 13.5. The van der Waals surface area contributed by atoms with Crippen LogP contribution in [0, 0.1) is 11.3 Å². The Balaban J connectivity index is 2.24. The van der Waals surface area contributed by atoms with Crippen molar-refractivity contribution in [3.8, 4) is 11.8 Å². The first kappa shape index (κ1) is 23.3. The molecule has 7 heteroatoms. The van der Waals surface area contributed by atoms with Gasteiger partial charge in [-0.1, -0.05) is 20.8 Å². The average molecular weight is 440 g/mol. The third-order valence-corrected chi connectivity index (χ3v) is 6.34. The number of aromatic nitrogens is 1. The van der Waals surface area contributed by atoms with Crippen molar-refractivity contribution >= 4 is 9.04 Å². The van der Waals surface area contributed by atoms with Crippen LogP contribution >= 0.6 is 0 Å². The number of nitriles is 1. The third-order valence-electron chi connectivity index (χ3n) is 5.61. The van der Waals surface area contributed by atoms with E-state index in [0.29, 0.717) is 29.0 Å². The molecule has 1 aromatic carbocycles. The number of hydrogen-bond acceptors (Lipinski definition) is 5. The molecule has 1 aliphatic heterocycles. The monoisotopic (exact) mass is 439 g/mol. The van der Waals surface area contributed by atoms with Crippen molar-refractivity contribution in [2.75, 3.05) is 0 Å². The van der Waals surface area contributed by atoms with E-state index in [1.807, 2.05) is 26.8 Å². The lowest BCUT2D eigenvalue weighted by Crippen LogP contribution is -2.52. The molecule has 2 aromatic rings. The molecule has 6 nitrogen and oxygen atoms in total. The Labute approximate surface area is 185 Å². The van der Waals surface area contributed by atoms with E-state index in [1.54, 1.807) is 42.8 Å². The molecule has 0 unspecified atom stereocenters. The molecular weight excluding hydrogens is 408 g/mol. The van der Waals surface area contributed by atoms with E-state index in [-0.39, 0.29) is 5.56 Å². The molecule has 165 valence electrons. The smallest absolute Gasteiger partial charge is 0.255 e. The normalized spacial score (nSPS) is 20.1. The van der Waals surface area contributed by atoms with Crippen molar-refractivity contribution in [3.05, 3.63) is 63.1 Å². The van der Waals surface area contributed by atoms with Crippen LogP contribution in [0.2, 0.25) is 13.1 Å². The number of aliphatic hydroxyl groups is 1. The summed E-state index contributed by atoms with van der Waals surface area (Å²) in [6.45, 7) is 14.1. The summed E-state index contributed by atoms with van der Waals surface area (Å²) in [5, 5.41) is 20.6. The van der Waals surface area contributed by atoms with Gasteiger partial charge in [-0.2, -0.15) is 5.26 Å². The minimum Gasteiger partial charge on any atom is -0.485 e. The highest BCUT2D eigenvalue weighted by Gasteiger charge is 2.44. The van der Waals surface area contributed by atoms with E-state index in [9.17, 15) is 15.2 Å². The molecule has 2 heterocycles. The Morgan fingerprint density at radius 1 is 1.29 bits per heavy atom. The lowest BCUT2D eigenvalue weighted by molar-refractivity contribution is -0.0643. The summed E-state index contributed by atoms with van der Waals surface area (Å²) >= 11 is 0. The molecule has 0 saturated heterocycles. The highest BCUT2D eigenvalue weighted by atomic mass is 28.3. The van der Waals surface area contributed by atoms with Gasteiger partial charge in [-0.15, -0.1) is 0 Å². The topological polar surface area (TPSA) is 84.5 Å². The summed E-state index contributed by atoms with van der Waals surface area (Å²) in [5.74, 6) is 0.570. The van der Waals surface area contributed by atoms with Crippen LogP contribution in [0.1, 0.15) is 62.9 Å². The van der Waals surface area contributed by atoms with Crippen LogP contribution in [-0.2, 0) is 16.4 Å². The van der Waals surface area contributed by atoms with Gasteiger partial charge < -0.3 is 18.8 Å². The Hall–Kier alpha value is -2.40. The first-order valence-electron chi connectivity index (χ1n) is 10.5. The second-order valence-corrected chi connectivity index (χ2v) is 11.9. The molecule has 1 aliphatic rings. The largest absolute Gasteiger partial charge is 0.485 e. The Kier molecular flexibility index (Phi) is 6.20. The van der Waals surface area contributed by atoms with E-state index in [1.165, 1.54) is 0 Å². The first-order valence-corrected chi connectivity index (χ1v) is 12.9. The molecule has 0 amide bonds. The summed E-state index contributed by atoms with van der Waals surface area (Å²) in [7, 11) is -0.903. The van der Waals surface area contributed by atoms with Gasteiger partial charge in [0.15, 0.2) is 0 Å². The SMILES string of the molecule is C[Si](C)OCc1ccn([C@H]2c3cc(C#N)ccc3OC(C)(C)[C@@H]2O)c(=O)c1C(C)(C)C. The maximum atomic E-state index is 13.8. The maximum absolute atomic E-state index is 13.8. The van der Waals surface area contributed by atoms with Gasteiger partial charge in [0, 0.05) is 17.3 Å². The summed E-state index contributed by atoms with van der Waals surface area (Å²) in [6, 6.07) is 8.49. The van der Waals surface area contributed by atoms with Crippen molar-refractivity contribution in [3.63, 3.8) is 0 Å². The molecule has 0 saturated carbocycles. The molecule has 31 heavy (non-hydrogen) atoms. The van der Waals surface area contributed by atoms with Crippen molar-refractivity contribution in [2.45, 2.75) is 77.5 Å². The Morgan fingerprint density at radius 2 is 1.97 bits per heavy atom. The van der Waals surface area contributed by atoms with Gasteiger partial charge in [0.05, 0.1) is 24.3 Å². The van der Waals surface area contributed by atoms with Crippen molar-refractivity contribution in [1.82, 2.24) is 4.57 Å². The maximum Gasteiger partial charge on any atom is 0.255 e. The molecular formula is C24H31N2O4Si. The van der Waals surface area contributed by atoms with Gasteiger partial charge in [-0.25, -0.2) is 0 Å². The zero-order valence-corrected chi connectivity index (χ0v) is 20.3. The molecule has 0 aliphatic carbocycles. The van der Waals surface area contributed by atoms with Crippen molar-refractivity contribution in [1.29, 1.82) is 5.26 Å². The average Bonchev–Trinajstić information content (AvgIpc) is 2.66. The number of aliphatic hydroxyl groups excluding tert-OH is 1. The van der Waals surface area contributed by atoms with Crippen molar-refractivity contribution in [2.24, 2.45) is 0 Å². The first-order chi connectivity index (χ1) is 14.4. The van der Waals surface area contributed by atoms with E-state index in [0.717, 1.165) is 5.56 Å². The van der Waals surface area contributed by atoms with Gasteiger partial charge in [-0.3, -0.25) is 4.79 Å². The Bertz CT molecular complexity index is 1080. The third kappa shape index (κ3) is 4.47. The van der Waals surface area contributed by atoms with Crippen LogP contribution < -0.4 is 10.3 Å². The van der Waals surface area contributed by atoms with Crippen LogP contribution in [0.3, 0.4) is 0 Å². The molecule has 0 fully saturated rings. The van der Waals surface area contributed by atoms with E-state index in [2.05, 4.69) is 19.2 Å². The summed E-state index contributed by atoms with van der Waals surface area (Å²) in [4.78, 5) is 13.8. The van der Waals surface area contributed by atoms with Gasteiger partial charge >= 0.3 is 0 Å². The number of pyridine rings is 1. The van der Waals surface area contributed by atoms with Crippen LogP contribution in [0.5, 0.6) is 5.75 Å². The minimum absolute atomic E-state index is 0.162. The number of hydrogen-bond donors (Lipinski definition) is 1. The standard InChI is InChI=1S/C24H31N2O4Si/c1-23(2,3)19-16(14-29-31(6)7)10-11-26(22(19)28)20-17-12-15(13-25)8-9-18(17)30-24(4,5)21(20)27/h8-12,20-21,27H,14H2,1-7H3/t20-,21+/m0/s1. The van der Waals surface area contributed by atoms with Gasteiger partial charge in [0.25, 0.3) is 5.56 Å². The fraction of sp³-hybridized carbons (Fsp3) is 0.500. The van der Waals surface area contributed by atoms with Crippen molar-refractivity contribution < 1.29 is 14.3 Å². The predicted molar refractivity (Wildman–Crippen MR) is 122 cm³/mol.